The van der Waals surface area contributed by atoms with Crippen molar-refractivity contribution < 1.29 is 9.13 Å². The van der Waals surface area contributed by atoms with E-state index in [-0.39, 0.29) is 11.9 Å². The molecule has 0 saturated carbocycles. The minimum absolute atomic E-state index is 0.293. The maximum atomic E-state index is 13.5. The Bertz CT molecular complexity index is 562. The summed E-state index contributed by atoms with van der Waals surface area (Å²) in [5.74, 6) is 5.90. The average molecular weight is 264 g/mol. The fraction of sp³-hybridized carbons (Fsp3) is 0.308. The first-order chi connectivity index (χ1) is 9.05. The zero-order valence-corrected chi connectivity index (χ0v) is 11.1. The van der Waals surface area contributed by atoms with Crippen molar-refractivity contribution in [1.82, 2.24) is 15.2 Å². The summed E-state index contributed by atoms with van der Waals surface area (Å²) < 4.78 is 20.2. The molecule has 1 heterocycles. The van der Waals surface area contributed by atoms with Crippen molar-refractivity contribution in [1.29, 1.82) is 0 Å². The van der Waals surface area contributed by atoms with E-state index >= 15 is 0 Å². The molecular weight excluding hydrogens is 247 g/mol. The van der Waals surface area contributed by atoms with Crippen molar-refractivity contribution in [2.24, 2.45) is 12.9 Å². The first-order valence-corrected chi connectivity index (χ1v) is 5.86. The summed E-state index contributed by atoms with van der Waals surface area (Å²) in [7, 11) is 3.34. The Kier molecular flexibility index (Phi) is 3.82. The van der Waals surface area contributed by atoms with Gasteiger partial charge in [-0.15, -0.1) is 0 Å². The Balaban J connectivity index is 2.43. The van der Waals surface area contributed by atoms with E-state index in [0.717, 1.165) is 11.1 Å². The molecule has 0 amide bonds. The van der Waals surface area contributed by atoms with Gasteiger partial charge in [0.2, 0.25) is 5.88 Å². The smallest absolute Gasteiger partial charge is 0.211 e. The van der Waals surface area contributed by atoms with Gasteiger partial charge in [-0.2, -0.15) is 5.10 Å². The van der Waals surface area contributed by atoms with Crippen LogP contribution in [0.4, 0.5) is 4.39 Å². The van der Waals surface area contributed by atoms with Crippen LogP contribution < -0.4 is 16.0 Å². The SMILES string of the molecule is COc1cc(C(NN)c2cc(C)cc(F)c2)nn1C. The van der Waals surface area contributed by atoms with Gasteiger partial charge in [-0.3, -0.25) is 5.84 Å². The van der Waals surface area contributed by atoms with Gasteiger partial charge in [-0.1, -0.05) is 6.07 Å². The molecule has 0 fully saturated rings. The predicted molar refractivity (Wildman–Crippen MR) is 70.1 cm³/mol. The number of nitrogens with two attached hydrogens (primary N) is 1. The number of ether oxygens (including phenoxy) is 1. The molecule has 1 aromatic carbocycles. The standard InChI is InChI=1S/C13H17FN4O/c1-8-4-9(6-10(14)5-8)13(16-15)11-7-12(19-3)18(2)17-11/h4-7,13,16H,15H2,1-3H3. The zero-order chi connectivity index (χ0) is 14.0. The lowest BCUT2D eigenvalue weighted by Crippen LogP contribution is -2.29. The second kappa shape index (κ2) is 5.38. The van der Waals surface area contributed by atoms with Crippen molar-refractivity contribution >= 4 is 0 Å². The molecule has 5 nitrogen and oxygen atoms in total. The van der Waals surface area contributed by atoms with Crippen LogP contribution in [0.25, 0.3) is 0 Å². The molecule has 2 aromatic rings. The summed E-state index contributed by atoms with van der Waals surface area (Å²) in [5, 5.41) is 4.32. The van der Waals surface area contributed by atoms with Crippen LogP contribution in [0.15, 0.2) is 24.3 Å². The van der Waals surface area contributed by atoms with E-state index in [2.05, 4.69) is 10.5 Å². The van der Waals surface area contributed by atoms with E-state index in [1.54, 1.807) is 24.9 Å². The van der Waals surface area contributed by atoms with E-state index in [0.29, 0.717) is 11.6 Å². The van der Waals surface area contributed by atoms with Crippen molar-refractivity contribution in [2.75, 3.05) is 7.11 Å². The summed E-state index contributed by atoms with van der Waals surface area (Å²) in [5.41, 5.74) is 4.88. The Labute approximate surface area is 111 Å². The molecule has 0 aliphatic rings. The van der Waals surface area contributed by atoms with Crippen LogP contribution in [0, 0.1) is 12.7 Å². The predicted octanol–water partition coefficient (Wildman–Crippen LogP) is 1.43. The molecule has 1 aromatic heterocycles. The van der Waals surface area contributed by atoms with Crippen molar-refractivity contribution in [3.05, 3.63) is 46.9 Å². The quantitative estimate of drug-likeness (QED) is 0.647. The molecule has 0 radical (unpaired) electrons. The maximum absolute atomic E-state index is 13.5. The third-order valence-electron chi connectivity index (χ3n) is 2.93. The summed E-state index contributed by atoms with van der Waals surface area (Å²) in [4.78, 5) is 0. The number of rotatable bonds is 4. The average Bonchev–Trinajstić information content (AvgIpc) is 2.70. The highest BCUT2D eigenvalue weighted by Crippen LogP contribution is 2.24. The van der Waals surface area contributed by atoms with E-state index in [1.165, 1.54) is 12.1 Å². The lowest BCUT2D eigenvalue weighted by atomic mass is 10.0. The molecule has 6 heteroatoms. The number of aromatic nitrogens is 2. The molecule has 102 valence electrons. The molecule has 0 aliphatic carbocycles. The molecular formula is C13H17FN4O. The molecule has 0 bridgehead atoms. The second-order valence-corrected chi connectivity index (χ2v) is 4.40. The number of hydrogen-bond acceptors (Lipinski definition) is 4. The van der Waals surface area contributed by atoms with Crippen molar-refractivity contribution in [3.8, 4) is 5.88 Å². The van der Waals surface area contributed by atoms with Crippen LogP contribution >= 0.6 is 0 Å². The molecule has 0 aliphatic heterocycles. The van der Waals surface area contributed by atoms with E-state index in [4.69, 9.17) is 10.6 Å². The van der Waals surface area contributed by atoms with Crippen LogP contribution in [0.2, 0.25) is 0 Å². The number of hydrazine groups is 1. The molecule has 0 saturated heterocycles. The molecule has 1 atom stereocenters. The van der Waals surface area contributed by atoms with Crippen LogP contribution in [-0.4, -0.2) is 16.9 Å². The van der Waals surface area contributed by atoms with Gasteiger partial charge in [0, 0.05) is 13.1 Å². The Hall–Kier alpha value is -1.92. The summed E-state index contributed by atoms with van der Waals surface area (Å²) in [6.07, 6.45) is 0. The van der Waals surface area contributed by atoms with E-state index in [9.17, 15) is 4.39 Å². The lowest BCUT2D eigenvalue weighted by Gasteiger charge is -2.14. The molecule has 1 unspecified atom stereocenters. The minimum atomic E-state index is -0.385. The van der Waals surface area contributed by atoms with Gasteiger partial charge in [0.15, 0.2) is 0 Å². The normalized spacial score (nSPS) is 12.5. The monoisotopic (exact) mass is 264 g/mol. The van der Waals surface area contributed by atoms with Crippen LogP contribution in [0.1, 0.15) is 22.9 Å². The van der Waals surface area contributed by atoms with Crippen LogP contribution in [0.3, 0.4) is 0 Å². The van der Waals surface area contributed by atoms with E-state index < -0.39 is 0 Å². The zero-order valence-electron chi connectivity index (χ0n) is 11.1. The van der Waals surface area contributed by atoms with Gasteiger partial charge >= 0.3 is 0 Å². The van der Waals surface area contributed by atoms with Gasteiger partial charge in [-0.05, 0) is 30.2 Å². The number of aryl methyl sites for hydroxylation is 2. The first-order valence-electron chi connectivity index (χ1n) is 5.86. The Morgan fingerprint density at radius 2 is 2.11 bits per heavy atom. The van der Waals surface area contributed by atoms with Crippen LogP contribution in [-0.2, 0) is 7.05 Å². The first kappa shape index (κ1) is 13.5. The molecule has 3 N–H and O–H groups in total. The number of methoxy groups -OCH3 is 1. The van der Waals surface area contributed by atoms with Crippen LogP contribution in [0.5, 0.6) is 5.88 Å². The molecule has 19 heavy (non-hydrogen) atoms. The second-order valence-electron chi connectivity index (χ2n) is 4.40. The number of nitrogens with zero attached hydrogens (tertiary/aromatic N) is 2. The third-order valence-corrected chi connectivity index (χ3v) is 2.93. The van der Waals surface area contributed by atoms with Gasteiger partial charge in [0.05, 0.1) is 18.8 Å². The fourth-order valence-electron chi connectivity index (χ4n) is 2.09. The van der Waals surface area contributed by atoms with E-state index in [1.807, 2.05) is 13.0 Å². The largest absolute Gasteiger partial charge is 0.481 e. The highest BCUT2D eigenvalue weighted by Gasteiger charge is 2.18. The fourth-order valence-corrected chi connectivity index (χ4v) is 2.09. The maximum Gasteiger partial charge on any atom is 0.211 e. The molecule has 0 spiro atoms. The van der Waals surface area contributed by atoms with Gasteiger partial charge in [-0.25, -0.2) is 14.5 Å². The summed E-state index contributed by atoms with van der Waals surface area (Å²) in [6.45, 7) is 1.83. The van der Waals surface area contributed by atoms with Crippen molar-refractivity contribution in [2.45, 2.75) is 13.0 Å². The third kappa shape index (κ3) is 2.74. The minimum Gasteiger partial charge on any atom is -0.481 e. The Morgan fingerprint density at radius 1 is 1.37 bits per heavy atom. The number of halogens is 1. The van der Waals surface area contributed by atoms with Gasteiger partial charge in [0.25, 0.3) is 0 Å². The van der Waals surface area contributed by atoms with Gasteiger partial charge in [0.1, 0.15) is 5.82 Å². The number of benzene rings is 1. The molecule has 2 rings (SSSR count). The summed E-state index contributed by atoms with van der Waals surface area (Å²) in [6, 6.07) is 6.17. The number of nitrogens with one attached hydrogen (secondary N) is 1. The van der Waals surface area contributed by atoms with Gasteiger partial charge < -0.3 is 4.74 Å². The highest BCUT2D eigenvalue weighted by molar-refractivity contribution is 5.33. The number of hydrogen-bond donors (Lipinski definition) is 2. The summed E-state index contributed by atoms with van der Waals surface area (Å²) >= 11 is 0. The van der Waals surface area contributed by atoms with Crippen molar-refractivity contribution in [3.63, 3.8) is 0 Å². The Morgan fingerprint density at radius 3 is 2.63 bits per heavy atom. The highest BCUT2D eigenvalue weighted by atomic mass is 19.1. The lowest BCUT2D eigenvalue weighted by molar-refractivity contribution is 0.373. The topological polar surface area (TPSA) is 65.1 Å².